The minimum atomic E-state index is -0.662. The van der Waals surface area contributed by atoms with Gasteiger partial charge in [0.15, 0.2) is 11.5 Å². The van der Waals surface area contributed by atoms with Crippen LogP contribution in [0.4, 0.5) is 0 Å². The standard InChI is InChI=1S/C13H18N2O5.ClH/c1-17-7-10(14)13(16)15-4-5-18-9-2-3-11-12(6-9)20-8-19-11;/h2-3,6,10H,4-5,7-8,14H2,1H3,(H,15,16);1H. The number of hydrogen-bond donors (Lipinski definition) is 2. The van der Waals surface area contributed by atoms with Crippen molar-refractivity contribution < 1.29 is 23.7 Å². The van der Waals surface area contributed by atoms with Crippen LogP contribution in [-0.2, 0) is 9.53 Å². The molecule has 0 radical (unpaired) electrons. The fraction of sp³-hybridized carbons (Fsp3) is 0.462. The summed E-state index contributed by atoms with van der Waals surface area (Å²) in [5.41, 5.74) is 5.57. The summed E-state index contributed by atoms with van der Waals surface area (Å²) in [5, 5.41) is 2.66. The zero-order chi connectivity index (χ0) is 14.4. The van der Waals surface area contributed by atoms with E-state index in [1.54, 1.807) is 18.2 Å². The van der Waals surface area contributed by atoms with Gasteiger partial charge in [-0.15, -0.1) is 12.4 Å². The Hall–Kier alpha value is -1.70. The van der Waals surface area contributed by atoms with Gasteiger partial charge in [-0.05, 0) is 12.1 Å². The van der Waals surface area contributed by atoms with Crippen LogP contribution < -0.4 is 25.3 Å². The normalized spacial score (nSPS) is 13.2. The third-order valence-electron chi connectivity index (χ3n) is 2.70. The smallest absolute Gasteiger partial charge is 0.239 e. The average Bonchev–Trinajstić information content (AvgIpc) is 2.91. The van der Waals surface area contributed by atoms with Crippen LogP contribution in [0.2, 0.25) is 0 Å². The van der Waals surface area contributed by atoms with Gasteiger partial charge in [0.05, 0.1) is 13.2 Å². The van der Waals surface area contributed by atoms with Crippen molar-refractivity contribution in [1.82, 2.24) is 5.32 Å². The molecular formula is C13H19ClN2O5. The Bertz CT molecular complexity index is 472. The monoisotopic (exact) mass is 318 g/mol. The molecule has 1 heterocycles. The van der Waals surface area contributed by atoms with E-state index in [9.17, 15) is 4.79 Å². The molecule has 2 rings (SSSR count). The minimum absolute atomic E-state index is 0. The van der Waals surface area contributed by atoms with Gasteiger partial charge < -0.3 is 30.0 Å². The summed E-state index contributed by atoms with van der Waals surface area (Å²) in [6.07, 6.45) is 0. The van der Waals surface area contributed by atoms with Crippen LogP contribution in [0.25, 0.3) is 0 Å². The molecule has 1 aromatic rings. The number of nitrogens with one attached hydrogen (secondary N) is 1. The van der Waals surface area contributed by atoms with E-state index in [-0.39, 0.29) is 31.7 Å². The van der Waals surface area contributed by atoms with Gasteiger partial charge in [-0.1, -0.05) is 0 Å². The van der Waals surface area contributed by atoms with Crippen molar-refractivity contribution in [3.05, 3.63) is 18.2 Å². The zero-order valence-corrected chi connectivity index (χ0v) is 12.5. The van der Waals surface area contributed by atoms with E-state index in [0.29, 0.717) is 30.4 Å². The van der Waals surface area contributed by atoms with E-state index in [1.807, 2.05) is 0 Å². The van der Waals surface area contributed by atoms with Crippen LogP contribution >= 0.6 is 12.4 Å². The van der Waals surface area contributed by atoms with Crippen molar-refractivity contribution in [2.24, 2.45) is 5.73 Å². The predicted molar refractivity (Wildman–Crippen MR) is 78.2 cm³/mol. The Morgan fingerprint density at radius 3 is 2.95 bits per heavy atom. The highest BCUT2D eigenvalue weighted by Gasteiger charge is 2.14. The summed E-state index contributed by atoms with van der Waals surface area (Å²) in [6.45, 7) is 1.12. The molecule has 1 aliphatic rings. The molecule has 1 aromatic carbocycles. The third kappa shape index (κ3) is 4.96. The van der Waals surface area contributed by atoms with Crippen LogP contribution in [0.3, 0.4) is 0 Å². The summed E-state index contributed by atoms with van der Waals surface area (Å²) in [7, 11) is 1.50. The maximum absolute atomic E-state index is 11.5. The largest absolute Gasteiger partial charge is 0.492 e. The fourth-order valence-corrected chi connectivity index (χ4v) is 1.70. The minimum Gasteiger partial charge on any atom is -0.492 e. The molecule has 21 heavy (non-hydrogen) atoms. The second kappa shape index (κ2) is 8.56. The van der Waals surface area contributed by atoms with Crippen molar-refractivity contribution >= 4 is 18.3 Å². The summed E-state index contributed by atoms with van der Waals surface area (Å²) in [4.78, 5) is 11.5. The second-order valence-corrected chi connectivity index (χ2v) is 4.22. The molecule has 0 aromatic heterocycles. The van der Waals surface area contributed by atoms with Gasteiger partial charge >= 0.3 is 0 Å². The lowest BCUT2D eigenvalue weighted by Gasteiger charge is -2.12. The molecule has 118 valence electrons. The third-order valence-corrected chi connectivity index (χ3v) is 2.70. The number of halogens is 1. The highest BCUT2D eigenvalue weighted by atomic mass is 35.5. The van der Waals surface area contributed by atoms with Crippen LogP contribution in [0.15, 0.2) is 18.2 Å². The predicted octanol–water partition coefficient (Wildman–Crippen LogP) is 0.306. The van der Waals surface area contributed by atoms with Gasteiger partial charge in [-0.2, -0.15) is 0 Å². The van der Waals surface area contributed by atoms with Gasteiger partial charge in [0.2, 0.25) is 12.7 Å². The van der Waals surface area contributed by atoms with Crippen LogP contribution in [-0.4, -0.2) is 45.6 Å². The number of amides is 1. The van der Waals surface area contributed by atoms with Gasteiger partial charge in [-0.25, -0.2) is 0 Å². The number of hydrogen-bond acceptors (Lipinski definition) is 6. The SMILES string of the molecule is COCC(N)C(=O)NCCOc1ccc2c(c1)OCO2.Cl. The van der Waals surface area contributed by atoms with E-state index >= 15 is 0 Å². The summed E-state index contributed by atoms with van der Waals surface area (Å²) in [5.74, 6) is 1.76. The van der Waals surface area contributed by atoms with Gasteiger partial charge in [0.25, 0.3) is 0 Å². The fourth-order valence-electron chi connectivity index (χ4n) is 1.70. The van der Waals surface area contributed by atoms with Crippen molar-refractivity contribution in [3.63, 3.8) is 0 Å². The van der Waals surface area contributed by atoms with Gasteiger partial charge in [0, 0.05) is 13.2 Å². The summed E-state index contributed by atoms with van der Waals surface area (Å²) < 4.78 is 20.7. The van der Waals surface area contributed by atoms with Gasteiger partial charge in [-0.3, -0.25) is 4.79 Å². The molecule has 3 N–H and O–H groups in total. The number of carbonyl (C=O) groups excluding carboxylic acids is 1. The van der Waals surface area contributed by atoms with Crippen molar-refractivity contribution in [2.45, 2.75) is 6.04 Å². The molecule has 0 aliphatic carbocycles. The molecule has 0 saturated heterocycles. The quantitative estimate of drug-likeness (QED) is 0.703. The molecule has 0 spiro atoms. The van der Waals surface area contributed by atoms with E-state index in [4.69, 9.17) is 24.7 Å². The molecule has 8 heteroatoms. The maximum Gasteiger partial charge on any atom is 0.239 e. The van der Waals surface area contributed by atoms with E-state index in [0.717, 1.165) is 0 Å². The van der Waals surface area contributed by atoms with Crippen molar-refractivity contribution in [1.29, 1.82) is 0 Å². The lowest BCUT2D eigenvalue weighted by molar-refractivity contribution is -0.123. The number of ether oxygens (including phenoxy) is 4. The van der Waals surface area contributed by atoms with Crippen LogP contribution in [0.1, 0.15) is 0 Å². The second-order valence-electron chi connectivity index (χ2n) is 4.22. The molecule has 1 aliphatic heterocycles. The summed E-state index contributed by atoms with van der Waals surface area (Å²) >= 11 is 0. The number of carbonyl (C=O) groups is 1. The molecule has 1 amide bonds. The van der Waals surface area contributed by atoms with E-state index in [2.05, 4.69) is 5.32 Å². The number of benzene rings is 1. The Balaban J connectivity index is 0.00000220. The highest BCUT2D eigenvalue weighted by molar-refractivity contribution is 5.85. The van der Waals surface area contributed by atoms with Crippen molar-refractivity contribution in [3.8, 4) is 17.2 Å². The molecule has 0 fully saturated rings. The number of nitrogens with two attached hydrogens (primary N) is 1. The Labute approximate surface area is 129 Å². The van der Waals surface area contributed by atoms with Crippen LogP contribution in [0, 0.1) is 0 Å². The number of fused-ring (bicyclic) bond motifs is 1. The number of rotatable bonds is 7. The lowest BCUT2D eigenvalue weighted by Crippen LogP contribution is -2.44. The van der Waals surface area contributed by atoms with Crippen LogP contribution in [0.5, 0.6) is 17.2 Å². The Kier molecular flexibility index (Phi) is 7.07. The Morgan fingerprint density at radius 2 is 2.19 bits per heavy atom. The lowest BCUT2D eigenvalue weighted by atomic mass is 10.3. The first kappa shape index (κ1) is 17.4. The highest BCUT2D eigenvalue weighted by Crippen LogP contribution is 2.34. The Morgan fingerprint density at radius 1 is 1.43 bits per heavy atom. The maximum atomic E-state index is 11.5. The molecule has 1 unspecified atom stereocenters. The molecule has 0 saturated carbocycles. The molecule has 7 nitrogen and oxygen atoms in total. The first-order valence-corrected chi connectivity index (χ1v) is 6.25. The average molecular weight is 319 g/mol. The first-order valence-electron chi connectivity index (χ1n) is 6.25. The molecular weight excluding hydrogens is 300 g/mol. The first-order chi connectivity index (χ1) is 9.70. The molecule has 0 bridgehead atoms. The topological polar surface area (TPSA) is 92.0 Å². The number of methoxy groups -OCH3 is 1. The molecule has 1 atom stereocenters. The van der Waals surface area contributed by atoms with E-state index < -0.39 is 6.04 Å². The van der Waals surface area contributed by atoms with Crippen molar-refractivity contribution in [2.75, 3.05) is 33.7 Å². The van der Waals surface area contributed by atoms with E-state index in [1.165, 1.54) is 7.11 Å². The zero-order valence-electron chi connectivity index (χ0n) is 11.7. The van der Waals surface area contributed by atoms with Gasteiger partial charge in [0.1, 0.15) is 18.4 Å². The summed E-state index contributed by atoms with van der Waals surface area (Å²) in [6, 6.07) is 4.66.